The first-order valence-corrected chi connectivity index (χ1v) is 11.5. The van der Waals surface area contributed by atoms with Crippen LogP contribution in [-0.2, 0) is 16.0 Å². The standard InChI is InChI=1S/C24H39N3O3/c1-5-25-23(26-17-19-9-6-7-11-22(19)30-24(2,3)4)27-14-12-20(13-15-27)29-18-21-10-8-16-28-21/h6-7,9,11,20-21H,5,8,10,12-18H2,1-4H3,(H,25,26). The molecule has 1 atom stereocenters. The van der Waals surface area contributed by atoms with Crippen LogP contribution in [0.3, 0.4) is 0 Å². The number of nitrogens with one attached hydrogen (secondary N) is 1. The number of rotatable bonds is 7. The van der Waals surface area contributed by atoms with E-state index in [4.69, 9.17) is 19.2 Å². The van der Waals surface area contributed by atoms with Crippen molar-refractivity contribution >= 4 is 5.96 Å². The van der Waals surface area contributed by atoms with Gasteiger partial charge < -0.3 is 24.4 Å². The highest BCUT2D eigenvalue weighted by molar-refractivity contribution is 5.80. The van der Waals surface area contributed by atoms with E-state index >= 15 is 0 Å². The first kappa shape index (κ1) is 22.9. The number of nitrogens with zero attached hydrogens (tertiary/aromatic N) is 2. The molecular formula is C24H39N3O3. The Labute approximate surface area is 182 Å². The maximum atomic E-state index is 6.12. The Hall–Kier alpha value is -1.79. The Kier molecular flexibility index (Phi) is 8.40. The minimum atomic E-state index is -0.226. The number of guanidine groups is 1. The Bertz CT molecular complexity index is 673. The maximum absolute atomic E-state index is 6.12. The van der Waals surface area contributed by atoms with Gasteiger partial charge in [0.2, 0.25) is 0 Å². The van der Waals surface area contributed by atoms with Gasteiger partial charge in [-0.15, -0.1) is 0 Å². The average molecular weight is 418 g/mol. The molecule has 6 heteroatoms. The molecular weight excluding hydrogens is 378 g/mol. The zero-order valence-corrected chi connectivity index (χ0v) is 19.2. The van der Waals surface area contributed by atoms with Crippen LogP contribution < -0.4 is 10.1 Å². The maximum Gasteiger partial charge on any atom is 0.194 e. The van der Waals surface area contributed by atoms with Crippen molar-refractivity contribution in [2.24, 2.45) is 4.99 Å². The van der Waals surface area contributed by atoms with Crippen molar-refractivity contribution in [3.05, 3.63) is 29.8 Å². The zero-order valence-electron chi connectivity index (χ0n) is 19.2. The van der Waals surface area contributed by atoms with Gasteiger partial charge in [-0.1, -0.05) is 18.2 Å². The number of benzene rings is 1. The van der Waals surface area contributed by atoms with Crippen LogP contribution in [0, 0.1) is 0 Å². The molecule has 3 rings (SSSR count). The van der Waals surface area contributed by atoms with Crippen molar-refractivity contribution in [3.63, 3.8) is 0 Å². The number of hydrogen-bond acceptors (Lipinski definition) is 4. The molecule has 2 heterocycles. The topological polar surface area (TPSA) is 55.3 Å². The average Bonchev–Trinajstić information content (AvgIpc) is 3.24. The fourth-order valence-electron chi connectivity index (χ4n) is 3.90. The minimum Gasteiger partial charge on any atom is -0.488 e. The van der Waals surface area contributed by atoms with Crippen molar-refractivity contribution in [2.45, 2.75) is 77.7 Å². The first-order chi connectivity index (χ1) is 14.4. The highest BCUT2D eigenvalue weighted by atomic mass is 16.5. The van der Waals surface area contributed by atoms with Crippen LogP contribution in [0.25, 0.3) is 0 Å². The van der Waals surface area contributed by atoms with Crippen molar-refractivity contribution < 1.29 is 14.2 Å². The quantitative estimate of drug-likeness (QED) is 0.537. The summed E-state index contributed by atoms with van der Waals surface area (Å²) in [6.45, 7) is 13.3. The molecule has 0 saturated carbocycles. The predicted molar refractivity (Wildman–Crippen MR) is 121 cm³/mol. The van der Waals surface area contributed by atoms with Crippen LogP contribution in [0.5, 0.6) is 5.75 Å². The van der Waals surface area contributed by atoms with Crippen molar-refractivity contribution in [1.82, 2.24) is 10.2 Å². The fraction of sp³-hybridized carbons (Fsp3) is 0.708. The van der Waals surface area contributed by atoms with Crippen LogP contribution >= 0.6 is 0 Å². The minimum absolute atomic E-state index is 0.226. The number of para-hydroxylation sites is 1. The Balaban J connectivity index is 1.55. The van der Waals surface area contributed by atoms with Crippen LogP contribution in [0.2, 0.25) is 0 Å². The van der Waals surface area contributed by atoms with Crippen molar-refractivity contribution in [3.8, 4) is 5.75 Å². The van der Waals surface area contributed by atoms with E-state index < -0.39 is 0 Å². The normalized spacial score (nSPS) is 21.1. The molecule has 168 valence electrons. The Morgan fingerprint density at radius 3 is 2.63 bits per heavy atom. The van der Waals surface area contributed by atoms with Gasteiger partial charge in [-0.2, -0.15) is 0 Å². The number of piperidine rings is 1. The van der Waals surface area contributed by atoms with Crippen LogP contribution in [0.15, 0.2) is 29.3 Å². The summed E-state index contributed by atoms with van der Waals surface area (Å²) in [5.74, 6) is 1.88. The molecule has 1 unspecified atom stereocenters. The molecule has 1 N–H and O–H groups in total. The molecule has 2 fully saturated rings. The summed E-state index contributed by atoms with van der Waals surface area (Å²) in [5.41, 5.74) is 0.882. The molecule has 0 aromatic heterocycles. The van der Waals surface area contributed by atoms with E-state index in [9.17, 15) is 0 Å². The van der Waals surface area contributed by atoms with Crippen molar-refractivity contribution in [1.29, 1.82) is 0 Å². The largest absolute Gasteiger partial charge is 0.488 e. The molecule has 0 spiro atoms. The van der Waals surface area contributed by atoms with Gasteiger partial charge in [0, 0.05) is 31.8 Å². The second-order valence-corrected chi connectivity index (χ2v) is 9.15. The van der Waals surface area contributed by atoms with Gasteiger partial charge in [-0.25, -0.2) is 4.99 Å². The lowest BCUT2D eigenvalue weighted by Crippen LogP contribution is -2.47. The Morgan fingerprint density at radius 1 is 1.20 bits per heavy atom. The van der Waals surface area contributed by atoms with Gasteiger partial charge >= 0.3 is 0 Å². The number of ether oxygens (including phenoxy) is 3. The number of likely N-dealkylation sites (tertiary alicyclic amines) is 1. The van der Waals surface area contributed by atoms with E-state index in [1.165, 1.54) is 6.42 Å². The Morgan fingerprint density at radius 2 is 1.97 bits per heavy atom. The molecule has 2 aliphatic rings. The molecule has 0 aliphatic carbocycles. The van der Waals surface area contributed by atoms with Gasteiger partial charge in [0.25, 0.3) is 0 Å². The van der Waals surface area contributed by atoms with E-state index in [0.717, 1.165) is 69.4 Å². The smallest absolute Gasteiger partial charge is 0.194 e. The van der Waals surface area contributed by atoms with E-state index in [-0.39, 0.29) is 5.60 Å². The molecule has 1 aromatic rings. The van der Waals surface area contributed by atoms with Crippen LogP contribution in [0.1, 0.15) is 58.9 Å². The SMILES string of the molecule is CCNC(=NCc1ccccc1OC(C)(C)C)N1CCC(OCC2CCCO2)CC1. The molecule has 2 aliphatic heterocycles. The highest BCUT2D eigenvalue weighted by Crippen LogP contribution is 2.24. The second-order valence-electron chi connectivity index (χ2n) is 9.15. The summed E-state index contributed by atoms with van der Waals surface area (Å²) in [6.07, 6.45) is 4.99. The number of hydrogen-bond donors (Lipinski definition) is 1. The van der Waals surface area contributed by atoms with Crippen LogP contribution in [-0.4, -0.2) is 61.5 Å². The third-order valence-corrected chi connectivity index (χ3v) is 5.41. The molecule has 0 bridgehead atoms. The molecule has 2 saturated heterocycles. The molecule has 0 radical (unpaired) electrons. The fourth-order valence-corrected chi connectivity index (χ4v) is 3.90. The predicted octanol–water partition coefficient (Wildman–Crippen LogP) is 3.99. The van der Waals surface area contributed by atoms with Gasteiger partial charge in [-0.05, 0) is 59.4 Å². The summed E-state index contributed by atoms with van der Waals surface area (Å²) < 4.78 is 17.9. The highest BCUT2D eigenvalue weighted by Gasteiger charge is 2.24. The third-order valence-electron chi connectivity index (χ3n) is 5.41. The lowest BCUT2D eigenvalue weighted by Gasteiger charge is -2.34. The third kappa shape index (κ3) is 7.17. The molecule has 6 nitrogen and oxygen atoms in total. The first-order valence-electron chi connectivity index (χ1n) is 11.5. The summed E-state index contributed by atoms with van der Waals surface area (Å²) in [6, 6.07) is 8.18. The van der Waals surface area contributed by atoms with Gasteiger partial charge in [0.1, 0.15) is 11.4 Å². The lowest BCUT2D eigenvalue weighted by atomic mass is 10.1. The monoisotopic (exact) mass is 417 g/mol. The summed E-state index contributed by atoms with van der Waals surface area (Å²) >= 11 is 0. The summed E-state index contributed by atoms with van der Waals surface area (Å²) in [5, 5.41) is 3.46. The van der Waals surface area contributed by atoms with E-state index in [1.807, 2.05) is 18.2 Å². The molecule has 0 amide bonds. The van der Waals surface area contributed by atoms with Gasteiger partial charge in [0.05, 0.1) is 25.4 Å². The molecule has 1 aromatic carbocycles. The summed E-state index contributed by atoms with van der Waals surface area (Å²) in [7, 11) is 0. The van der Waals surface area contributed by atoms with Crippen LogP contribution in [0.4, 0.5) is 0 Å². The van der Waals surface area contributed by atoms with Gasteiger partial charge in [0.15, 0.2) is 5.96 Å². The van der Waals surface area contributed by atoms with E-state index in [0.29, 0.717) is 18.8 Å². The van der Waals surface area contributed by atoms with Crippen molar-refractivity contribution in [2.75, 3.05) is 32.8 Å². The number of aliphatic imine (C=N–C) groups is 1. The zero-order chi connectivity index (χ0) is 21.4. The summed E-state index contributed by atoms with van der Waals surface area (Å²) in [4.78, 5) is 7.27. The van der Waals surface area contributed by atoms with E-state index in [1.54, 1.807) is 0 Å². The van der Waals surface area contributed by atoms with Gasteiger partial charge in [-0.3, -0.25) is 0 Å². The molecule has 30 heavy (non-hydrogen) atoms. The second kappa shape index (κ2) is 11.0. The van der Waals surface area contributed by atoms with E-state index in [2.05, 4.69) is 44.0 Å². The lowest BCUT2D eigenvalue weighted by molar-refractivity contribution is -0.0367.